The maximum Gasteiger partial charge on any atom is 0.144 e. The number of phenolic OH excluding ortho intramolecular Hbond substituents is 1. The number of para-hydroxylation sites is 1. The number of aromatic hydroxyl groups is 1. The van der Waals surface area contributed by atoms with Crippen molar-refractivity contribution in [2.75, 3.05) is 13.7 Å². The number of unbranched alkanes of at least 4 members (excludes halogenated alkanes) is 2. The van der Waals surface area contributed by atoms with Gasteiger partial charge >= 0.3 is 0 Å². The topological polar surface area (TPSA) is 50.5 Å². The van der Waals surface area contributed by atoms with Gasteiger partial charge in [-0.3, -0.25) is 4.90 Å². The Morgan fingerprint density at radius 1 is 0.838 bits per heavy atom. The first-order valence-corrected chi connectivity index (χ1v) is 13.4. The summed E-state index contributed by atoms with van der Waals surface area (Å²) in [6, 6.07) is 26.3. The fourth-order valence-electron chi connectivity index (χ4n) is 4.73. The minimum atomic E-state index is 0.300. The zero-order chi connectivity index (χ0) is 26.0. The Morgan fingerprint density at radius 3 is 2.24 bits per heavy atom. The Labute approximate surface area is 221 Å². The first-order valence-electron chi connectivity index (χ1n) is 13.4. The van der Waals surface area contributed by atoms with Crippen molar-refractivity contribution in [3.63, 3.8) is 0 Å². The summed E-state index contributed by atoms with van der Waals surface area (Å²) < 4.78 is 8.17. The Morgan fingerprint density at radius 2 is 1.54 bits per heavy atom. The van der Waals surface area contributed by atoms with E-state index in [2.05, 4.69) is 65.8 Å². The number of ether oxygens (including phenoxy) is 1. The SMILES string of the molecule is CCCCN(Cc1ccc(O)cc1)Cc1c(-c2ccccc2)nc(-c2ccccc2OC)n1CCCC. The molecule has 0 spiro atoms. The third-order valence-corrected chi connectivity index (χ3v) is 6.75. The first kappa shape index (κ1) is 26.5. The van der Waals surface area contributed by atoms with Crippen LogP contribution in [0.1, 0.15) is 50.8 Å². The first-order chi connectivity index (χ1) is 18.1. The summed E-state index contributed by atoms with van der Waals surface area (Å²) in [7, 11) is 1.72. The highest BCUT2D eigenvalue weighted by molar-refractivity contribution is 5.71. The smallest absolute Gasteiger partial charge is 0.144 e. The van der Waals surface area contributed by atoms with E-state index in [1.807, 2.05) is 24.3 Å². The second-order valence-electron chi connectivity index (χ2n) is 9.53. The Bertz CT molecular complexity index is 1250. The minimum absolute atomic E-state index is 0.300. The van der Waals surface area contributed by atoms with E-state index in [-0.39, 0.29) is 0 Å². The molecule has 0 atom stereocenters. The maximum atomic E-state index is 9.77. The molecule has 0 fully saturated rings. The van der Waals surface area contributed by atoms with Gasteiger partial charge in [0.25, 0.3) is 0 Å². The molecule has 1 N–H and O–H groups in total. The molecule has 0 radical (unpaired) electrons. The fourth-order valence-corrected chi connectivity index (χ4v) is 4.73. The molecule has 0 bridgehead atoms. The van der Waals surface area contributed by atoms with Crippen molar-refractivity contribution >= 4 is 0 Å². The van der Waals surface area contributed by atoms with Crippen molar-refractivity contribution in [3.05, 3.63) is 90.1 Å². The highest BCUT2D eigenvalue weighted by Crippen LogP contribution is 2.35. The molecule has 1 aromatic heterocycles. The molecular weight excluding hydrogens is 458 g/mol. The number of hydrogen-bond donors (Lipinski definition) is 1. The summed E-state index contributed by atoms with van der Waals surface area (Å²) >= 11 is 0. The third kappa shape index (κ3) is 6.60. The number of imidazole rings is 1. The molecule has 4 aromatic rings. The predicted octanol–water partition coefficient (Wildman–Crippen LogP) is 7.53. The summed E-state index contributed by atoms with van der Waals surface area (Å²) in [4.78, 5) is 7.80. The molecule has 0 aliphatic rings. The summed E-state index contributed by atoms with van der Waals surface area (Å²) in [6.07, 6.45) is 4.45. The highest BCUT2D eigenvalue weighted by atomic mass is 16.5. The number of hydrogen-bond acceptors (Lipinski definition) is 4. The van der Waals surface area contributed by atoms with Gasteiger partial charge in [-0.1, -0.05) is 81.3 Å². The van der Waals surface area contributed by atoms with E-state index < -0.39 is 0 Å². The molecule has 4 rings (SSSR count). The zero-order valence-corrected chi connectivity index (χ0v) is 22.4. The number of aromatic nitrogens is 2. The average Bonchev–Trinajstić information content (AvgIpc) is 3.29. The summed E-state index contributed by atoms with van der Waals surface area (Å²) in [6.45, 7) is 7.97. The van der Waals surface area contributed by atoms with Crippen LogP contribution in [0, 0.1) is 0 Å². The Balaban J connectivity index is 1.83. The van der Waals surface area contributed by atoms with Crippen LogP contribution in [0.25, 0.3) is 22.6 Å². The zero-order valence-electron chi connectivity index (χ0n) is 22.4. The van der Waals surface area contributed by atoms with Crippen molar-refractivity contribution in [1.29, 1.82) is 0 Å². The molecule has 1 heterocycles. The molecule has 0 aliphatic heterocycles. The summed E-state index contributed by atoms with van der Waals surface area (Å²) in [5, 5.41) is 9.77. The van der Waals surface area contributed by atoms with Gasteiger partial charge in [0.05, 0.1) is 24.1 Å². The van der Waals surface area contributed by atoms with E-state index in [1.54, 1.807) is 19.2 Å². The minimum Gasteiger partial charge on any atom is -0.508 e. The summed E-state index contributed by atoms with van der Waals surface area (Å²) in [5.74, 6) is 2.09. The van der Waals surface area contributed by atoms with Gasteiger partial charge in [-0.15, -0.1) is 0 Å². The lowest BCUT2D eigenvalue weighted by molar-refractivity contribution is 0.246. The van der Waals surface area contributed by atoms with Gasteiger partial charge in [0.2, 0.25) is 0 Å². The number of rotatable bonds is 13. The molecule has 37 heavy (non-hydrogen) atoms. The quantitative estimate of drug-likeness (QED) is 0.207. The van der Waals surface area contributed by atoms with E-state index in [0.717, 1.165) is 80.3 Å². The lowest BCUT2D eigenvalue weighted by atomic mass is 10.1. The Hall–Kier alpha value is -3.57. The average molecular weight is 498 g/mol. The standard InChI is InChI=1S/C32H39N3O2/c1-4-6-21-34(23-25-17-19-27(36)20-18-25)24-29-31(26-13-9-8-10-14-26)33-32(35(29)22-7-5-2)28-15-11-12-16-30(28)37-3/h8-20,36H,4-7,21-24H2,1-3H3. The van der Waals surface area contributed by atoms with Crippen LogP contribution in [-0.4, -0.2) is 33.2 Å². The van der Waals surface area contributed by atoms with Gasteiger partial charge in [0, 0.05) is 25.2 Å². The van der Waals surface area contributed by atoms with E-state index in [0.29, 0.717) is 5.75 Å². The monoisotopic (exact) mass is 497 g/mol. The Kier molecular flexibility index (Phi) is 9.39. The van der Waals surface area contributed by atoms with Crippen LogP contribution in [0.3, 0.4) is 0 Å². The number of phenols is 1. The van der Waals surface area contributed by atoms with Crippen molar-refractivity contribution in [1.82, 2.24) is 14.5 Å². The van der Waals surface area contributed by atoms with E-state index in [1.165, 1.54) is 11.3 Å². The molecule has 194 valence electrons. The van der Waals surface area contributed by atoms with Crippen molar-refractivity contribution in [2.24, 2.45) is 0 Å². The predicted molar refractivity (Wildman–Crippen MR) is 152 cm³/mol. The fraction of sp³-hybridized carbons (Fsp3) is 0.344. The van der Waals surface area contributed by atoms with Crippen molar-refractivity contribution in [2.45, 2.75) is 59.2 Å². The van der Waals surface area contributed by atoms with Crippen LogP contribution in [0.15, 0.2) is 78.9 Å². The van der Waals surface area contributed by atoms with Crippen molar-refractivity contribution in [3.8, 4) is 34.1 Å². The number of nitrogens with zero attached hydrogens (tertiary/aromatic N) is 3. The van der Waals surface area contributed by atoms with Gasteiger partial charge in [-0.05, 0) is 49.2 Å². The van der Waals surface area contributed by atoms with E-state index >= 15 is 0 Å². The molecule has 0 amide bonds. The molecule has 0 aliphatic carbocycles. The lowest BCUT2D eigenvalue weighted by Crippen LogP contribution is -2.26. The molecule has 0 saturated carbocycles. The van der Waals surface area contributed by atoms with Crippen LogP contribution in [0.2, 0.25) is 0 Å². The van der Waals surface area contributed by atoms with Crippen LogP contribution >= 0.6 is 0 Å². The lowest BCUT2D eigenvalue weighted by Gasteiger charge is -2.24. The van der Waals surface area contributed by atoms with Gasteiger partial charge in [-0.25, -0.2) is 4.98 Å². The van der Waals surface area contributed by atoms with Crippen LogP contribution in [0.4, 0.5) is 0 Å². The number of benzene rings is 3. The second-order valence-corrected chi connectivity index (χ2v) is 9.53. The summed E-state index contributed by atoms with van der Waals surface area (Å²) in [5.41, 5.74) is 5.60. The number of methoxy groups -OCH3 is 1. The molecule has 5 nitrogen and oxygen atoms in total. The van der Waals surface area contributed by atoms with Gasteiger partial charge in [0.1, 0.15) is 17.3 Å². The molecule has 0 unspecified atom stereocenters. The van der Waals surface area contributed by atoms with Crippen LogP contribution < -0.4 is 4.74 Å². The highest BCUT2D eigenvalue weighted by Gasteiger charge is 2.23. The molecule has 5 heteroatoms. The normalized spacial score (nSPS) is 11.2. The van der Waals surface area contributed by atoms with Gasteiger partial charge in [0.15, 0.2) is 0 Å². The van der Waals surface area contributed by atoms with Gasteiger partial charge < -0.3 is 14.4 Å². The molecule has 0 saturated heterocycles. The second kappa shape index (κ2) is 13.1. The van der Waals surface area contributed by atoms with Crippen LogP contribution in [-0.2, 0) is 19.6 Å². The molecule has 3 aromatic carbocycles. The van der Waals surface area contributed by atoms with E-state index in [9.17, 15) is 5.11 Å². The van der Waals surface area contributed by atoms with Gasteiger partial charge in [-0.2, -0.15) is 0 Å². The largest absolute Gasteiger partial charge is 0.508 e. The van der Waals surface area contributed by atoms with Crippen molar-refractivity contribution < 1.29 is 9.84 Å². The molecular formula is C32H39N3O2. The third-order valence-electron chi connectivity index (χ3n) is 6.75. The maximum absolute atomic E-state index is 9.77. The van der Waals surface area contributed by atoms with E-state index in [4.69, 9.17) is 9.72 Å². The van der Waals surface area contributed by atoms with Crippen LogP contribution in [0.5, 0.6) is 11.5 Å².